The first kappa shape index (κ1) is 20.3. The van der Waals surface area contributed by atoms with Crippen molar-refractivity contribution in [2.24, 2.45) is 29.6 Å². The second-order valence-electron chi connectivity index (χ2n) is 9.78. The summed E-state index contributed by atoms with van der Waals surface area (Å²) in [5.74, 6) is 6.03. The molecule has 0 saturated heterocycles. The highest BCUT2D eigenvalue weighted by Crippen LogP contribution is 2.40. The van der Waals surface area contributed by atoms with Crippen molar-refractivity contribution in [1.82, 2.24) is 0 Å². The van der Waals surface area contributed by atoms with E-state index in [1.165, 1.54) is 102 Å². The fourth-order valence-electron chi connectivity index (χ4n) is 5.94. The molecule has 1 nitrogen and oxygen atoms in total. The van der Waals surface area contributed by atoms with Gasteiger partial charge in [-0.15, -0.1) is 0 Å². The third-order valence-electron chi connectivity index (χ3n) is 7.73. The second kappa shape index (κ2) is 10.8. The lowest BCUT2D eigenvalue weighted by molar-refractivity contribution is 0.0986. The average Bonchev–Trinajstić information content (AvgIpc) is 2.69. The SMILES string of the molecule is CCCC1CCC(CCC2CCC(C3=CCC(CCC)CO3)CC2)CC1. The van der Waals surface area contributed by atoms with Crippen molar-refractivity contribution in [3.05, 3.63) is 11.8 Å². The fraction of sp³-hybridized carbons (Fsp3) is 0.920. The monoisotopic (exact) mass is 360 g/mol. The number of hydrogen-bond donors (Lipinski definition) is 0. The molecule has 2 fully saturated rings. The summed E-state index contributed by atoms with van der Waals surface area (Å²) in [5, 5.41) is 0. The van der Waals surface area contributed by atoms with Crippen molar-refractivity contribution in [2.45, 2.75) is 110 Å². The first-order chi connectivity index (χ1) is 12.8. The van der Waals surface area contributed by atoms with E-state index in [0.29, 0.717) is 0 Å². The summed E-state index contributed by atoms with van der Waals surface area (Å²) in [5.41, 5.74) is 0. The van der Waals surface area contributed by atoms with Crippen LogP contribution in [-0.4, -0.2) is 6.61 Å². The number of rotatable bonds is 8. The van der Waals surface area contributed by atoms with Crippen molar-refractivity contribution < 1.29 is 4.74 Å². The number of ether oxygens (including phenoxy) is 1. The lowest BCUT2D eigenvalue weighted by Crippen LogP contribution is -2.23. The zero-order valence-corrected chi connectivity index (χ0v) is 17.7. The Bertz CT molecular complexity index is 410. The van der Waals surface area contributed by atoms with Crippen LogP contribution in [0.4, 0.5) is 0 Å². The molecule has 1 unspecified atom stereocenters. The van der Waals surface area contributed by atoms with Gasteiger partial charge in [0.1, 0.15) is 0 Å². The Labute approximate surface area is 163 Å². The summed E-state index contributed by atoms with van der Waals surface area (Å²) in [6.45, 7) is 5.62. The lowest BCUT2D eigenvalue weighted by Gasteiger charge is -2.34. The minimum absolute atomic E-state index is 0.748. The summed E-state index contributed by atoms with van der Waals surface area (Å²) in [6, 6.07) is 0. The molecule has 1 heterocycles. The standard InChI is InChI=1S/C25H44O/c1-3-5-20-7-9-21(10-8-20)11-12-22-13-16-24(17-14-22)25-18-15-23(6-4-2)19-26-25/h18,20-24H,3-17,19H2,1-2H3. The van der Waals surface area contributed by atoms with E-state index in [4.69, 9.17) is 4.74 Å². The molecule has 0 N–H and O–H groups in total. The molecular formula is C25H44O. The lowest BCUT2D eigenvalue weighted by atomic mass is 9.74. The molecule has 1 atom stereocenters. The van der Waals surface area contributed by atoms with Gasteiger partial charge in [-0.1, -0.05) is 71.6 Å². The van der Waals surface area contributed by atoms with E-state index in [2.05, 4.69) is 19.9 Å². The van der Waals surface area contributed by atoms with Crippen molar-refractivity contribution in [2.75, 3.05) is 6.61 Å². The van der Waals surface area contributed by atoms with Gasteiger partial charge in [-0.05, 0) is 68.3 Å². The van der Waals surface area contributed by atoms with Crippen LogP contribution in [-0.2, 0) is 4.74 Å². The zero-order chi connectivity index (χ0) is 18.2. The zero-order valence-electron chi connectivity index (χ0n) is 17.7. The summed E-state index contributed by atoms with van der Waals surface area (Å²) < 4.78 is 6.16. The highest BCUT2D eigenvalue weighted by atomic mass is 16.5. The summed E-state index contributed by atoms with van der Waals surface area (Å²) in [4.78, 5) is 0. The van der Waals surface area contributed by atoms with E-state index in [1.807, 2.05) is 0 Å². The molecule has 1 aliphatic heterocycles. The maximum Gasteiger partial charge on any atom is 0.0951 e. The molecule has 0 spiro atoms. The predicted molar refractivity (Wildman–Crippen MR) is 112 cm³/mol. The van der Waals surface area contributed by atoms with E-state index >= 15 is 0 Å². The van der Waals surface area contributed by atoms with Crippen LogP contribution in [0.3, 0.4) is 0 Å². The topological polar surface area (TPSA) is 9.23 Å². The van der Waals surface area contributed by atoms with E-state index in [9.17, 15) is 0 Å². The maximum atomic E-state index is 6.16. The second-order valence-corrected chi connectivity index (χ2v) is 9.78. The minimum Gasteiger partial charge on any atom is -0.498 e. The molecule has 150 valence electrons. The average molecular weight is 361 g/mol. The molecule has 0 amide bonds. The van der Waals surface area contributed by atoms with Crippen molar-refractivity contribution in [1.29, 1.82) is 0 Å². The van der Waals surface area contributed by atoms with Gasteiger partial charge in [0.15, 0.2) is 0 Å². The minimum atomic E-state index is 0.748. The quantitative estimate of drug-likeness (QED) is 0.427. The highest BCUT2D eigenvalue weighted by Gasteiger charge is 2.28. The first-order valence-corrected chi connectivity index (χ1v) is 12.1. The van der Waals surface area contributed by atoms with Crippen LogP contribution in [0.5, 0.6) is 0 Å². The Kier molecular flexibility index (Phi) is 8.40. The predicted octanol–water partition coefficient (Wildman–Crippen LogP) is 7.90. The van der Waals surface area contributed by atoms with Crippen LogP contribution in [0, 0.1) is 29.6 Å². The van der Waals surface area contributed by atoms with Gasteiger partial charge in [0.25, 0.3) is 0 Å². The van der Waals surface area contributed by atoms with Gasteiger partial charge in [-0.25, -0.2) is 0 Å². The van der Waals surface area contributed by atoms with Crippen molar-refractivity contribution in [3.63, 3.8) is 0 Å². The summed E-state index contributed by atoms with van der Waals surface area (Å²) in [7, 11) is 0. The van der Waals surface area contributed by atoms with Gasteiger partial charge < -0.3 is 4.74 Å². The van der Waals surface area contributed by atoms with Crippen molar-refractivity contribution >= 4 is 0 Å². The van der Waals surface area contributed by atoms with Crippen LogP contribution in [0.2, 0.25) is 0 Å². The Morgan fingerprint density at radius 3 is 1.69 bits per heavy atom. The van der Waals surface area contributed by atoms with Crippen molar-refractivity contribution in [3.8, 4) is 0 Å². The van der Waals surface area contributed by atoms with E-state index in [0.717, 1.165) is 36.2 Å². The summed E-state index contributed by atoms with van der Waals surface area (Å²) in [6.07, 6.45) is 24.0. The van der Waals surface area contributed by atoms with Crippen LogP contribution < -0.4 is 0 Å². The van der Waals surface area contributed by atoms with Gasteiger partial charge in [0, 0.05) is 5.92 Å². The van der Waals surface area contributed by atoms with Gasteiger partial charge in [0.2, 0.25) is 0 Å². The molecule has 0 aromatic heterocycles. The fourth-order valence-corrected chi connectivity index (χ4v) is 5.94. The van der Waals surface area contributed by atoms with Gasteiger partial charge >= 0.3 is 0 Å². The normalized spacial score (nSPS) is 35.6. The molecule has 0 aromatic carbocycles. The molecular weight excluding hydrogens is 316 g/mol. The molecule has 2 saturated carbocycles. The first-order valence-electron chi connectivity index (χ1n) is 12.1. The van der Waals surface area contributed by atoms with Gasteiger partial charge in [0.05, 0.1) is 12.4 Å². The maximum absolute atomic E-state index is 6.16. The molecule has 1 heteroatoms. The van der Waals surface area contributed by atoms with Crippen LogP contribution in [0.15, 0.2) is 11.8 Å². The molecule has 0 bridgehead atoms. The van der Waals surface area contributed by atoms with E-state index in [1.54, 1.807) is 0 Å². The number of allylic oxidation sites excluding steroid dienone is 2. The Morgan fingerprint density at radius 2 is 1.19 bits per heavy atom. The highest BCUT2D eigenvalue weighted by molar-refractivity contribution is 5.04. The molecule has 26 heavy (non-hydrogen) atoms. The Balaban J connectivity index is 1.31. The number of hydrogen-bond acceptors (Lipinski definition) is 1. The Morgan fingerprint density at radius 1 is 0.692 bits per heavy atom. The summed E-state index contributed by atoms with van der Waals surface area (Å²) >= 11 is 0. The van der Waals surface area contributed by atoms with Gasteiger partial charge in [-0.2, -0.15) is 0 Å². The van der Waals surface area contributed by atoms with E-state index < -0.39 is 0 Å². The molecule has 2 aliphatic carbocycles. The molecule has 0 radical (unpaired) electrons. The largest absolute Gasteiger partial charge is 0.498 e. The molecule has 3 rings (SSSR count). The smallest absolute Gasteiger partial charge is 0.0951 e. The van der Waals surface area contributed by atoms with Crippen LogP contribution >= 0.6 is 0 Å². The van der Waals surface area contributed by atoms with E-state index in [-0.39, 0.29) is 0 Å². The molecule has 0 aromatic rings. The third-order valence-corrected chi connectivity index (χ3v) is 7.73. The van der Waals surface area contributed by atoms with Crippen LogP contribution in [0.1, 0.15) is 110 Å². The Hall–Kier alpha value is -0.460. The van der Waals surface area contributed by atoms with Gasteiger partial charge in [-0.3, -0.25) is 0 Å². The molecule has 3 aliphatic rings. The third kappa shape index (κ3) is 6.03. The van der Waals surface area contributed by atoms with Crippen LogP contribution in [0.25, 0.3) is 0 Å².